The Kier molecular flexibility index (Phi) is 3.00. The lowest BCUT2D eigenvalue weighted by molar-refractivity contribution is 0.102. The number of amides is 1. The molecular weight excluding hydrogens is 305 g/mol. The highest BCUT2D eigenvalue weighted by atomic mass is 127. The van der Waals surface area contributed by atoms with Crippen molar-refractivity contribution < 1.29 is 4.79 Å². The number of aromatic nitrogens is 2. The van der Waals surface area contributed by atoms with Crippen molar-refractivity contribution in [1.29, 1.82) is 0 Å². The Morgan fingerprint density at radius 1 is 1.33 bits per heavy atom. The first-order chi connectivity index (χ1) is 7.25. The Morgan fingerprint density at radius 3 is 2.67 bits per heavy atom. The minimum Gasteiger partial charge on any atom is -0.322 e. The summed E-state index contributed by atoms with van der Waals surface area (Å²) in [6, 6.07) is 7.59. The minimum atomic E-state index is -0.162. The summed E-state index contributed by atoms with van der Waals surface area (Å²) in [4.78, 5) is 11.6. The van der Waals surface area contributed by atoms with Crippen molar-refractivity contribution in [2.24, 2.45) is 0 Å². The van der Waals surface area contributed by atoms with E-state index in [1.54, 1.807) is 6.20 Å². The van der Waals surface area contributed by atoms with E-state index >= 15 is 0 Å². The lowest BCUT2D eigenvalue weighted by Gasteiger charge is -2.02. The van der Waals surface area contributed by atoms with Crippen molar-refractivity contribution in [1.82, 2.24) is 10.2 Å². The maximum Gasteiger partial charge on any atom is 0.258 e. The highest BCUT2D eigenvalue weighted by Crippen LogP contribution is 2.12. The van der Waals surface area contributed by atoms with Crippen LogP contribution in [0.3, 0.4) is 0 Å². The van der Waals surface area contributed by atoms with Crippen LogP contribution in [0.2, 0.25) is 0 Å². The molecule has 1 amide bonds. The van der Waals surface area contributed by atoms with Gasteiger partial charge in [0, 0.05) is 15.5 Å². The zero-order valence-corrected chi connectivity index (χ0v) is 9.86. The minimum absolute atomic E-state index is 0.162. The third-order valence-electron chi connectivity index (χ3n) is 1.86. The molecule has 4 nitrogen and oxygen atoms in total. The van der Waals surface area contributed by atoms with E-state index in [0.29, 0.717) is 5.56 Å². The zero-order chi connectivity index (χ0) is 10.7. The van der Waals surface area contributed by atoms with Crippen LogP contribution in [0.1, 0.15) is 10.4 Å². The molecule has 0 atom stereocenters. The number of carbonyl (C=O) groups is 1. The summed E-state index contributed by atoms with van der Waals surface area (Å²) >= 11 is 2.21. The molecule has 1 aromatic carbocycles. The molecule has 1 aromatic heterocycles. The number of anilines is 1. The van der Waals surface area contributed by atoms with Gasteiger partial charge in [0.25, 0.3) is 5.91 Å². The molecule has 0 fully saturated rings. The van der Waals surface area contributed by atoms with Crippen molar-refractivity contribution in [3.63, 3.8) is 0 Å². The fourth-order valence-electron chi connectivity index (χ4n) is 1.11. The molecule has 2 rings (SSSR count). The number of benzene rings is 1. The molecule has 0 spiro atoms. The van der Waals surface area contributed by atoms with Crippen LogP contribution in [0, 0.1) is 3.57 Å². The van der Waals surface area contributed by atoms with E-state index in [9.17, 15) is 4.79 Å². The molecule has 0 aliphatic rings. The quantitative estimate of drug-likeness (QED) is 0.836. The summed E-state index contributed by atoms with van der Waals surface area (Å²) in [6.07, 6.45) is 3.05. The number of rotatable bonds is 2. The first-order valence-corrected chi connectivity index (χ1v) is 5.39. The average Bonchev–Trinajstić information content (AvgIpc) is 2.74. The summed E-state index contributed by atoms with van der Waals surface area (Å²) in [7, 11) is 0. The zero-order valence-electron chi connectivity index (χ0n) is 7.70. The maximum atomic E-state index is 11.6. The molecule has 2 aromatic rings. The van der Waals surface area contributed by atoms with Crippen LogP contribution in [0.4, 0.5) is 5.69 Å². The number of nitrogens with zero attached hydrogens (tertiary/aromatic N) is 1. The number of halogens is 1. The Hall–Kier alpha value is -1.37. The maximum absolute atomic E-state index is 11.6. The largest absolute Gasteiger partial charge is 0.322 e. The van der Waals surface area contributed by atoms with Crippen molar-refractivity contribution >= 4 is 34.2 Å². The van der Waals surface area contributed by atoms with Crippen LogP contribution < -0.4 is 5.32 Å². The molecule has 15 heavy (non-hydrogen) atoms. The van der Waals surface area contributed by atoms with E-state index in [0.717, 1.165) is 9.26 Å². The predicted octanol–water partition coefficient (Wildman–Crippen LogP) is 2.27. The number of nitrogens with one attached hydrogen (secondary N) is 2. The van der Waals surface area contributed by atoms with E-state index in [1.165, 1.54) is 6.20 Å². The molecule has 5 heteroatoms. The number of hydrogen-bond donors (Lipinski definition) is 2. The van der Waals surface area contributed by atoms with Crippen molar-refractivity contribution in [3.05, 3.63) is 45.8 Å². The van der Waals surface area contributed by atoms with Crippen LogP contribution in [0.15, 0.2) is 36.7 Å². The summed E-state index contributed by atoms with van der Waals surface area (Å²) in [6.45, 7) is 0. The molecule has 0 unspecified atom stereocenters. The summed E-state index contributed by atoms with van der Waals surface area (Å²) < 4.78 is 1.13. The third kappa shape index (κ3) is 2.56. The van der Waals surface area contributed by atoms with Gasteiger partial charge < -0.3 is 5.32 Å². The van der Waals surface area contributed by atoms with Gasteiger partial charge in [-0.3, -0.25) is 9.89 Å². The Morgan fingerprint density at radius 2 is 2.07 bits per heavy atom. The summed E-state index contributed by atoms with van der Waals surface area (Å²) in [5.74, 6) is -0.162. The van der Waals surface area contributed by atoms with Gasteiger partial charge in [0.1, 0.15) is 0 Å². The average molecular weight is 313 g/mol. The number of aromatic amines is 1. The van der Waals surface area contributed by atoms with E-state index in [4.69, 9.17) is 0 Å². The van der Waals surface area contributed by atoms with Crippen molar-refractivity contribution in [2.75, 3.05) is 5.32 Å². The number of hydrogen-bond acceptors (Lipinski definition) is 2. The Bertz CT molecular complexity index is 450. The van der Waals surface area contributed by atoms with E-state index < -0.39 is 0 Å². The molecule has 0 aliphatic heterocycles. The van der Waals surface area contributed by atoms with Gasteiger partial charge in [0.05, 0.1) is 11.8 Å². The monoisotopic (exact) mass is 313 g/mol. The van der Waals surface area contributed by atoms with Gasteiger partial charge in [-0.05, 0) is 46.9 Å². The first-order valence-electron chi connectivity index (χ1n) is 4.31. The van der Waals surface area contributed by atoms with Crippen molar-refractivity contribution in [2.45, 2.75) is 0 Å². The molecule has 76 valence electrons. The van der Waals surface area contributed by atoms with Crippen LogP contribution in [-0.2, 0) is 0 Å². The van der Waals surface area contributed by atoms with Crippen molar-refractivity contribution in [3.8, 4) is 0 Å². The normalized spacial score (nSPS) is 9.93. The topological polar surface area (TPSA) is 57.8 Å². The first kappa shape index (κ1) is 10.2. The fourth-order valence-corrected chi connectivity index (χ4v) is 1.47. The Labute approximate surface area is 100 Å². The summed E-state index contributed by atoms with van der Waals surface area (Å²) in [5, 5.41) is 9.07. The molecular formula is C10H8IN3O. The molecule has 1 heterocycles. The molecule has 0 bridgehead atoms. The number of H-pyrrole nitrogens is 1. The second kappa shape index (κ2) is 4.43. The summed E-state index contributed by atoms with van der Waals surface area (Å²) in [5.41, 5.74) is 1.30. The van der Waals surface area contributed by atoms with E-state index in [1.807, 2.05) is 24.3 Å². The standard InChI is InChI=1S/C10H8IN3O/c11-8-1-3-9(4-2-8)14-10(15)7-5-12-13-6-7/h1-6H,(H,12,13)(H,14,15). The van der Waals surface area contributed by atoms with E-state index in [-0.39, 0.29) is 5.91 Å². The molecule has 2 N–H and O–H groups in total. The smallest absolute Gasteiger partial charge is 0.258 e. The molecule has 0 saturated heterocycles. The lowest BCUT2D eigenvalue weighted by Crippen LogP contribution is -2.10. The van der Waals surface area contributed by atoms with Gasteiger partial charge in [0.2, 0.25) is 0 Å². The molecule has 0 aliphatic carbocycles. The van der Waals surface area contributed by atoms with Crippen LogP contribution in [0.25, 0.3) is 0 Å². The van der Waals surface area contributed by atoms with Gasteiger partial charge in [-0.1, -0.05) is 0 Å². The van der Waals surface area contributed by atoms with Gasteiger partial charge in [-0.15, -0.1) is 0 Å². The van der Waals surface area contributed by atoms with Gasteiger partial charge in [-0.25, -0.2) is 0 Å². The third-order valence-corrected chi connectivity index (χ3v) is 2.58. The van der Waals surface area contributed by atoms with Gasteiger partial charge >= 0.3 is 0 Å². The van der Waals surface area contributed by atoms with Gasteiger partial charge in [0.15, 0.2) is 0 Å². The highest BCUT2D eigenvalue weighted by molar-refractivity contribution is 14.1. The Balaban J connectivity index is 2.09. The molecule has 0 saturated carbocycles. The second-order valence-electron chi connectivity index (χ2n) is 2.95. The van der Waals surface area contributed by atoms with Crippen LogP contribution in [0.5, 0.6) is 0 Å². The SMILES string of the molecule is O=C(Nc1ccc(I)cc1)c1cn[nH]c1. The van der Waals surface area contributed by atoms with E-state index in [2.05, 4.69) is 38.1 Å². The molecule has 0 radical (unpaired) electrons. The fraction of sp³-hybridized carbons (Fsp3) is 0. The van der Waals surface area contributed by atoms with Gasteiger partial charge in [-0.2, -0.15) is 5.10 Å². The predicted molar refractivity (Wildman–Crippen MR) is 65.7 cm³/mol. The lowest BCUT2D eigenvalue weighted by atomic mass is 10.3. The number of carbonyl (C=O) groups excluding carboxylic acids is 1. The van der Waals surface area contributed by atoms with Crippen LogP contribution in [-0.4, -0.2) is 16.1 Å². The second-order valence-corrected chi connectivity index (χ2v) is 4.19. The highest BCUT2D eigenvalue weighted by Gasteiger charge is 2.06. The van der Waals surface area contributed by atoms with Crippen LogP contribution >= 0.6 is 22.6 Å².